The molecule has 1 aliphatic rings. The van der Waals surface area contributed by atoms with Crippen molar-refractivity contribution in [2.24, 2.45) is 0 Å². The Labute approximate surface area is 133 Å². The Morgan fingerprint density at radius 2 is 1.86 bits per heavy atom. The second kappa shape index (κ2) is 6.23. The molecule has 0 aliphatic carbocycles. The molecule has 5 nitrogen and oxygen atoms in total. The third-order valence-electron chi connectivity index (χ3n) is 3.78. The molecule has 114 valence electrons. The zero-order valence-corrected chi connectivity index (χ0v) is 12.8. The van der Waals surface area contributed by atoms with Crippen molar-refractivity contribution in [1.82, 2.24) is 4.90 Å². The van der Waals surface area contributed by atoms with E-state index in [2.05, 4.69) is 4.90 Å². The number of piperazine rings is 1. The van der Waals surface area contributed by atoms with Crippen molar-refractivity contribution in [3.63, 3.8) is 0 Å². The molecule has 0 bridgehead atoms. The van der Waals surface area contributed by atoms with Crippen LogP contribution in [-0.2, 0) is 0 Å². The Morgan fingerprint density at radius 1 is 1.09 bits per heavy atom. The van der Waals surface area contributed by atoms with Crippen molar-refractivity contribution >= 4 is 23.3 Å². The largest absolute Gasteiger partial charge is 0.350 e. The molecular weight excluding hydrogens is 302 g/mol. The minimum atomic E-state index is -0.00733. The second-order valence-corrected chi connectivity index (χ2v) is 5.63. The normalized spacial score (nSPS) is 15.0. The van der Waals surface area contributed by atoms with Gasteiger partial charge in [0.05, 0.1) is 13.1 Å². The third kappa shape index (κ3) is 2.99. The molecule has 1 amide bonds. The number of benzene rings is 1. The first kappa shape index (κ1) is 14.7. The van der Waals surface area contributed by atoms with Crippen molar-refractivity contribution in [3.8, 4) is 0 Å². The number of nitrogens with zero attached hydrogens (tertiary/aromatic N) is 3. The molecule has 1 N–H and O–H groups in total. The molecule has 2 heterocycles. The van der Waals surface area contributed by atoms with Gasteiger partial charge >= 0.3 is 5.82 Å². The molecule has 0 unspecified atom stereocenters. The van der Waals surface area contributed by atoms with Crippen LogP contribution in [0.15, 0.2) is 48.7 Å². The van der Waals surface area contributed by atoms with Gasteiger partial charge in [-0.3, -0.25) is 9.69 Å². The SMILES string of the molecule is O=C(c1cccc(Cl)c1)N1CCN(c2cccc[n+]2O)CC1. The molecule has 22 heavy (non-hydrogen) atoms. The summed E-state index contributed by atoms with van der Waals surface area (Å²) >= 11 is 5.94. The molecule has 1 fully saturated rings. The Bertz CT molecular complexity index is 685. The first-order valence-electron chi connectivity index (χ1n) is 7.15. The van der Waals surface area contributed by atoms with Crippen molar-refractivity contribution < 1.29 is 14.7 Å². The van der Waals surface area contributed by atoms with Gasteiger partial charge in [0.15, 0.2) is 0 Å². The summed E-state index contributed by atoms with van der Waals surface area (Å²) in [4.78, 5) is 16.3. The Morgan fingerprint density at radius 3 is 2.55 bits per heavy atom. The lowest BCUT2D eigenvalue weighted by Gasteiger charge is -2.31. The van der Waals surface area contributed by atoms with Crippen LogP contribution in [0.3, 0.4) is 0 Å². The van der Waals surface area contributed by atoms with E-state index in [0.29, 0.717) is 36.8 Å². The Hall–Kier alpha value is -2.27. The van der Waals surface area contributed by atoms with Gasteiger partial charge in [0.25, 0.3) is 5.91 Å². The number of hydrogen-bond acceptors (Lipinski definition) is 3. The monoisotopic (exact) mass is 318 g/mol. The quantitative estimate of drug-likeness (QED) is 0.679. The smallest absolute Gasteiger partial charge is 0.316 e. The molecule has 1 aliphatic heterocycles. The predicted molar refractivity (Wildman–Crippen MR) is 83.4 cm³/mol. The van der Waals surface area contributed by atoms with Gasteiger partial charge in [-0.1, -0.05) is 28.5 Å². The van der Waals surface area contributed by atoms with Gasteiger partial charge < -0.3 is 10.1 Å². The number of anilines is 1. The van der Waals surface area contributed by atoms with Crippen LogP contribution in [0.4, 0.5) is 5.82 Å². The molecule has 0 saturated carbocycles. The van der Waals surface area contributed by atoms with Gasteiger partial charge in [-0.15, -0.1) is 0 Å². The van der Waals surface area contributed by atoms with E-state index in [1.807, 2.05) is 17.0 Å². The summed E-state index contributed by atoms with van der Waals surface area (Å²) in [7, 11) is 0. The van der Waals surface area contributed by atoms with Crippen molar-refractivity contribution in [3.05, 3.63) is 59.2 Å². The van der Waals surface area contributed by atoms with Gasteiger partial charge in [0.1, 0.15) is 19.3 Å². The summed E-state index contributed by atoms with van der Waals surface area (Å²) in [5, 5.41) is 10.4. The molecule has 3 rings (SSSR count). The van der Waals surface area contributed by atoms with Crippen LogP contribution < -0.4 is 9.63 Å². The summed E-state index contributed by atoms with van der Waals surface area (Å²) in [5.74, 6) is 0.726. The van der Waals surface area contributed by atoms with Gasteiger partial charge in [-0.2, -0.15) is 0 Å². The average molecular weight is 319 g/mol. The summed E-state index contributed by atoms with van der Waals surface area (Å²) in [6, 6.07) is 12.5. The highest BCUT2D eigenvalue weighted by Crippen LogP contribution is 2.16. The fraction of sp³-hybridized carbons (Fsp3) is 0.250. The van der Waals surface area contributed by atoms with Gasteiger partial charge in [0, 0.05) is 16.7 Å². The second-order valence-electron chi connectivity index (χ2n) is 5.19. The molecule has 0 spiro atoms. The van der Waals surface area contributed by atoms with E-state index in [0.717, 1.165) is 10.5 Å². The summed E-state index contributed by atoms with van der Waals surface area (Å²) < 4.78 is 1.11. The van der Waals surface area contributed by atoms with E-state index in [-0.39, 0.29) is 5.91 Å². The van der Waals surface area contributed by atoms with E-state index in [9.17, 15) is 10.0 Å². The lowest BCUT2D eigenvalue weighted by molar-refractivity contribution is -0.894. The van der Waals surface area contributed by atoms with Crippen LogP contribution in [0.1, 0.15) is 10.4 Å². The van der Waals surface area contributed by atoms with Gasteiger partial charge in [-0.05, 0) is 24.3 Å². The van der Waals surface area contributed by atoms with E-state index in [4.69, 9.17) is 11.6 Å². The molecule has 6 heteroatoms. The molecule has 1 aromatic heterocycles. The maximum Gasteiger partial charge on any atom is 0.316 e. The van der Waals surface area contributed by atoms with Crippen LogP contribution in [0, 0.1) is 0 Å². The molecular formula is C16H17ClN3O2+. The topological polar surface area (TPSA) is 47.7 Å². The first-order valence-corrected chi connectivity index (χ1v) is 7.53. The third-order valence-corrected chi connectivity index (χ3v) is 4.02. The van der Waals surface area contributed by atoms with E-state index < -0.39 is 0 Å². The lowest BCUT2D eigenvalue weighted by Crippen LogP contribution is -2.52. The fourth-order valence-electron chi connectivity index (χ4n) is 2.62. The van der Waals surface area contributed by atoms with Gasteiger partial charge in [0.2, 0.25) is 0 Å². The van der Waals surface area contributed by atoms with Crippen LogP contribution in [0.25, 0.3) is 0 Å². The molecule has 1 saturated heterocycles. The van der Waals surface area contributed by atoms with E-state index in [1.54, 1.807) is 36.5 Å². The number of carbonyl (C=O) groups is 1. The number of rotatable bonds is 2. The predicted octanol–water partition coefficient (Wildman–Crippen LogP) is 1.83. The minimum absolute atomic E-state index is 0.00733. The maximum atomic E-state index is 12.5. The average Bonchev–Trinajstić information content (AvgIpc) is 2.55. The zero-order chi connectivity index (χ0) is 15.5. The Balaban J connectivity index is 1.67. The fourth-order valence-corrected chi connectivity index (χ4v) is 2.81. The number of pyridine rings is 1. The standard InChI is InChI=1S/C16H17ClN3O2/c17-14-5-3-4-13(12-14)16(21)19-10-8-18(9-11-19)15-6-1-2-7-20(15)22/h1-7,12,22H,8-11H2/q+1. The molecule has 0 atom stereocenters. The van der Waals surface area contributed by atoms with E-state index in [1.165, 1.54) is 0 Å². The molecule has 0 radical (unpaired) electrons. The van der Waals surface area contributed by atoms with Gasteiger partial charge in [-0.25, -0.2) is 0 Å². The van der Waals surface area contributed by atoms with Crippen LogP contribution in [-0.4, -0.2) is 42.2 Å². The number of carbonyl (C=O) groups excluding carboxylic acids is 1. The number of hydrogen-bond donors (Lipinski definition) is 1. The van der Waals surface area contributed by atoms with Crippen molar-refractivity contribution in [2.45, 2.75) is 0 Å². The number of aromatic nitrogens is 1. The maximum absolute atomic E-state index is 12.5. The minimum Gasteiger partial charge on any atom is -0.350 e. The summed E-state index contributed by atoms with van der Waals surface area (Å²) in [6.07, 6.45) is 1.60. The van der Waals surface area contributed by atoms with Crippen LogP contribution >= 0.6 is 11.6 Å². The van der Waals surface area contributed by atoms with E-state index >= 15 is 0 Å². The highest BCUT2D eigenvalue weighted by atomic mass is 35.5. The lowest BCUT2D eigenvalue weighted by atomic mass is 10.2. The Kier molecular flexibility index (Phi) is 4.15. The number of amides is 1. The summed E-state index contributed by atoms with van der Waals surface area (Å²) in [6.45, 7) is 2.58. The molecule has 2 aromatic rings. The summed E-state index contributed by atoms with van der Waals surface area (Å²) in [5.41, 5.74) is 0.609. The highest BCUT2D eigenvalue weighted by Gasteiger charge is 2.28. The highest BCUT2D eigenvalue weighted by molar-refractivity contribution is 6.30. The van der Waals surface area contributed by atoms with Crippen LogP contribution in [0.5, 0.6) is 0 Å². The first-order chi connectivity index (χ1) is 10.6. The molecule has 1 aromatic carbocycles. The van der Waals surface area contributed by atoms with Crippen molar-refractivity contribution in [1.29, 1.82) is 0 Å². The zero-order valence-electron chi connectivity index (χ0n) is 12.0. The van der Waals surface area contributed by atoms with Crippen molar-refractivity contribution in [2.75, 3.05) is 31.1 Å². The van der Waals surface area contributed by atoms with Crippen LogP contribution in [0.2, 0.25) is 5.02 Å². The number of halogens is 1.